The first kappa shape index (κ1) is 17.0. The minimum atomic E-state index is -0.0970. The summed E-state index contributed by atoms with van der Waals surface area (Å²) in [6.07, 6.45) is 8.02. The number of nitrogens with one attached hydrogen (secondary N) is 2. The van der Waals surface area contributed by atoms with Gasteiger partial charge in [0.2, 0.25) is 0 Å². The van der Waals surface area contributed by atoms with Crippen LogP contribution in [0.25, 0.3) is 16.8 Å². The number of para-hydroxylation sites is 1. The molecule has 0 saturated carbocycles. The van der Waals surface area contributed by atoms with Crippen molar-refractivity contribution in [3.8, 4) is 16.8 Å². The predicted molar refractivity (Wildman–Crippen MR) is 96.8 cm³/mol. The monoisotopic (exact) mass is 338 g/mol. The van der Waals surface area contributed by atoms with Gasteiger partial charge in [-0.1, -0.05) is 18.2 Å². The van der Waals surface area contributed by atoms with E-state index in [1.807, 2.05) is 49.6 Å². The van der Waals surface area contributed by atoms with Gasteiger partial charge in [0.25, 0.3) is 5.91 Å². The molecule has 0 atom stereocenters. The number of amides is 1. The smallest absolute Gasteiger partial charge is 0.253 e. The fourth-order valence-corrected chi connectivity index (χ4v) is 2.59. The van der Waals surface area contributed by atoms with Gasteiger partial charge in [0.05, 0.1) is 17.4 Å². The van der Waals surface area contributed by atoms with Gasteiger partial charge < -0.3 is 15.0 Å². The number of rotatable bonds is 8. The number of aromatic amines is 1. The highest BCUT2D eigenvalue weighted by Gasteiger charge is 2.15. The zero-order chi connectivity index (χ0) is 17.5. The second-order valence-electron chi connectivity index (χ2n) is 5.60. The summed E-state index contributed by atoms with van der Waals surface area (Å²) in [5.74, 6) is -0.0970. The van der Waals surface area contributed by atoms with Crippen molar-refractivity contribution in [3.63, 3.8) is 0 Å². The molecule has 25 heavy (non-hydrogen) atoms. The quantitative estimate of drug-likeness (QED) is 0.620. The summed E-state index contributed by atoms with van der Waals surface area (Å²) in [6, 6.07) is 9.87. The number of ether oxygens (including phenoxy) is 1. The van der Waals surface area contributed by atoms with Crippen LogP contribution in [0.3, 0.4) is 0 Å². The predicted octanol–water partition coefficient (Wildman–Crippen LogP) is 3.02. The lowest BCUT2D eigenvalue weighted by atomic mass is 10.1. The van der Waals surface area contributed by atoms with Crippen LogP contribution in [-0.4, -0.2) is 40.4 Å². The van der Waals surface area contributed by atoms with Crippen molar-refractivity contribution in [2.24, 2.45) is 0 Å². The summed E-state index contributed by atoms with van der Waals surface area (Å²) in [4.78, 5) is 15.4. The van der Waals surface area contributed by atoms with Gasteiger partial charge in [-0.2, -0.15) is 5.10 Å². The molecule has 2 aromatic heterocycles. The third kappa shape index (κ3) is 4.16. The molecule has 0 aliphatic carbocycles. The largest absolute Gasteiger partial charge is 0.382 e. The van der Waals surface area contributed by atoms with Crippen LogP contribution in [0.2, 0.25) is 0 Å². The topological polar surface area (TPSA) is 71.9 Å². The SMILES string of the molecule is CCOCCCNC(=O)c1c[nH]cc1-c1cnn(-c2ccccc2)c1. The number of hydrogen-bond acceptors (Lipinski definition) is 3. The van der Waals surface area contributed by atoms with Gasteiger partial charge in [0.1, 0.15) is 0 Å². The van der Waals surface area contributed by atoms with Crippen LogP contribution in [0.1, 0.15) is 23.7 Å². The van der Waals surface area contributed by atoms with E-state index < -0.39 is 0 Å². The van der Waals surface area contributed by atoms with Crippen LogP contribution >= 0.6 is 0 Å². The normalized spacial score (nSPS) is 10.8. The Hall–Kier alpha value is -2.86. The number of aromatic nitrogens is 3. The number of H-pyrrole nitrogens is 1. The van der Waals surface area contributed by atoms with Crippen LogP contribution < -0.4 is 5.32 Å². The molecule has 0 saturated heterocycles. The maximum atomic E-state index is 12.4. The molecule has 130 valence electrons. The standard InChI is InChI=1S/C19H22N4O2/c1-2-25-10-6-9-21-19(24)18-13-20-12-17(18)15-11-22-23(14-15)16-7-4-3-5-8-16/h3-5,7-8,11-14,20H,2,6,9-10H2,1H3,(H,21,24). The van der Waals surface area contributed by atoms with E-state index in [4.69, 9.17) is 4.74 Å². The van der Waals surface area contributed by atoms with Crippen molar-refractivity contribution in [1.29, 1.82) is 0 Å². The first-order chi connectivity index (χ1) is 12.3. The Morgan fingerprint density at radius 1 is 1.28 bits per heavy atom. The summed E-state index contributed by atoms with van der Waals surface area (Å²) in [5.41, 5.74) is 3.32. The Balaban J connectivity index is 1.69. The summed E-state index contributed by atoms with van der Waals surface area (Å²) >= 11 is 0. The van der Waals surface area contributed by atoms with Crippen molar-refractivity contribution in [3.05, 3.63) is 60.7 Å². The number of nitrogens with zero attached hydrogens (tertiary/aromatic N) is 2. The van der Waals surface area contributed by atoms with Gasteiger partial charge in [0, 0.05) is 49.5 Å². The molecule has 0 spiro atoms. The molecule has 0 aliphatic heterocycles. The fraction of sp³-hybridized carbons (Fsp3) is 0.263. The third-order valence-corrected chi connectivity index (χ3v) is 3.86. The van der Waals surface area contributed by atoms with Gasteiger partial charge in [-0.15, -0.1) is 0 Å². The van der Waals surface area contributed by atoms with Crippen molar-refractivity contribution in [2.45, 2.75) is 13.3 Å². The van der Waals surface area contributed by atoms with Crippen molar-refractivity contribution < 1.29 is 9.53 Å². The lowest BCUT2D eigenvalue weighted by molar-refractivity contribution is 0.0945. The maximum Gasteiger partial charge on any atom is 0.253 e. The lowest BCUT2D eigenvalue weighted by Gasteiger charge is -2.05. The van der Waals surface area contributed by atoms with Crippen molar-refractivity contribution >= 4 is 5.91 Å². The Kier molecular flexibility index (Phi) is 5.64. The first-order valence-corrected chi connectivity index (χ1v) is 8.42. The molecule has 0 radical (unpaired) electrons. The van der Waals surface area contributed by atoms with Crippen molar-refractivity contribution in [1.82, 2.24) is 20.1 Å². The number of carbonyl (C=O) groups excluding carboxylic acids is 1. The molecule has 3 aromatic rings. The average molecular weight is 338 g/mol. The van der Waals surface area contributed by atoms with E-state index in [1.54, 1.807) is 17.1 Å². The van der Waals surface area contributed by atoms with Gasteiger partial charge in [-0.3, -0.25) is 4.79 Å². The molecule has 0 fully saturated rings. The summed E-state index contributed by atoms with van der Waals surface area (Å²) in [5, 5.41) is 7.32. The van der Waals surface area contributed by atoms with Crippen molar-refractivity contribution in [2.75, 3.05) is 19.8 Å². The van der Waals surface area contributed by atoms with Crippen LogP contribution in [-0.2, 0) is 4.74 Å². The molecule has 0 bridgehead atoms. The molecule has 6 heteroatoms. The van der Waals surface area contributed by atoms with E-state index in [0.29, 0.717) is 25.3 Å². The van der Waals surface area contributed by atoms with E-state index in [1.165, 1.54) is 0 Å². The van der Waals surface area contributed by atoms with Gasteiger partial charge in [0.15, 0.2) is 0 Å². The number of benzene rings is 1. The molecule has 1 aromatic carbocycles. The van der Waals surface area contributed by atoms with E-state index >= 15 is 0 Å². The summed E-state index contributed by atoms with van der Waals surface area (Å²) in [6.45, 7) is 3.90. The highest BCUT2D eigenvalue weighted by atomic mass is 16.5. The zero-order valence-corrected chi connectivity index (χ0v) is 14.2. The van der Waals surface area contributed by atoms with Gasteiger partial charge >= 0.3 is 0 Å². The zero-order valence-electron chi connectivity index (χ0n) is 14.2. The maximum absolute atomic E-state index is 12.4. The Morgan fingerprint density at radius 2 is 2.12 bits per heavy atom. The van der Waals surface area contributed by atoms with E-state index in [9.17, 15) is 4.79 Å². The molecule has 0 aliphatic rings. The van der Waals surface area contributed by atoms with E-state index in [0.717, 1.165) is 23.2 Å². The van der Waals surface area contributed by atoms with Gasteiger partial charge in [-0.25, -0.2) is 4.68 Å². The molecular weight excluding hydrogens is 316 g/mol. The highest BCUT2D eigenvalue weighted by molar-refractivity contribution is 6.00. The average Bonchev–Trinajstić information content (AvgIpc) is 3.31. The molecule has 0 unspecified atom stereocenters. The van der Waals surface area contributed by atoms with Crippen LogP contribution in [0.5, 0.6) is 0 Å². The summed E-state index contributed by atoms with van der Waals surface area (Å²) < 4.78 is 7.07. The highest BCUT2D eigenvalue weighted by Crippen LogP contribution is 2.24. The molecule has 2 heterocycles. The van der Waals surface area contributed by atoms with Gasteiger partial charge in [-0.05, 0) is 25.5 Å². The van der Waals surface area contributed by atoms with Crippen LogP contribution in [0, 0.1) is 0 Å². The van der Waals surface area contributed by atoms with Crippen LogP contribution in [0.4, 0.5) is 0 Å². The first-order valence-electron chi connectivity index (χ1n) is 8.42. The fourth-order valence-electron chi connectivity index (χ4n) is 2.59. The molecule has 1 amide bonds. The number of hydrogen-bond donors (Lipinski definition) is 2. The second kappa shape index (κ2) is 8.30. The molecule has 6 nitrogen and oxygen atoms in total. The Labute approximate surface area is 146 Å². The van der Waals surface area contributed by atoms with E-state index in [-0.39, 0.29) is 5.91 Å². The third-order valence-electron chi connectivity index (χ3n) is 3.86. The Bertz CT molecular complexity index is 808. The lowest BCUT2D eigenvalue weighted by Crippen LogP contribution is -2.25. The minimum absolute atomic E-state index is 0.0970. The minimum Gasteiger partial charge on any atom is -0.382 e. The molecule has 3 rings (SSSR count). The summed E-state index contributed by atoms with van der Waals surface area (Å²) in [7, 11) is 0. The molecular formula is C19H22N4O2. The second-order valence-corrected chi connectivity index (χ2v) is 5.60. The van der Waals surface area contributed by atoms with Crippen LogP contribution in [0.15, 0.2) is 55.1 Å². The van der Waals surface area contributed by atoms with E-state index in [2.05, 4.69) is 15.4 Å². The molecule has 2 N–H and O–H groups in total. The number of carbonyl (C=O) groups is 1. The Morgan fingerprint density at radius 3 is 2.92 bits per heavy atom.